The lowest BCUT2D eigenvalue weighted by Crippen LogP contribution is -2.63. The SMILES string of the molecule is CCCCc1ccc2c(c1)Cc1c-2ccc2c1B(c1c(C)cc(C)cc1C)c1c3c(cc4ccccc14)N1c4ccc5c(c4B(c4c(C)cc(C)cc4C)c4c1c(cc1ccccc41)N23)C(C)(C)c1ccccc1-5. The van der Waals surface area contributed by atoms with Crippen molar-refractivity contribution in [3.8, 4) is 22.3 Å². The smallest absolute Gasteiger partial charge is 0.248 e. The Morgan fingerprint density at radius 1 is 0.459 bits per heavy atom. The van der Waals surface area contributed by atoms with Crippen molar-refractivity contribution in [3.63, 3.8) is 0 Å². The molecule has 0 bridgehead atoms. The van der Waals surface area contributed by atoms with Gasteiger partial charge in [0.05, 0.1) is 22.7 Å². The van der Waals surface area contributed by atoms with Gasteiger partial charge in [0.15, 0.2) is 0 Å². The lowest BCUT2D eigenvalue weighted by molar-refractivity contribution is 0.664. The Morgan fingerprint density at radius 3 is 1.57 bits per heavy atom. The first kappa shape index (κ1) is 44.0. The van der Waals surface area contributed by atoms with Crippen LogP contribution in [0, 0.1) is 41.5 Å². The summed E-state index contributed by atoms with van der Waals surface area (Å²) in [7, 11) is 0. The summed E-state index contributed by atoms with van der Waals surface area (Å²) in [5.74, 6) is 0. The molecule has 15 rings (SSSR count). The average molecular weight is 951 g/mol. The van der Waals surface area contributed by atoms with E-state index in [0.717, 1.165) is 12.8 Å². The molecule has 0 amide bonds. The molecule has 0 saturated carbocycles. The molecule has 0 radical (unpaired) electrons. The van der Waals surface area contributed by atoms with E-state index in [2.05, 4.69) is 224 Å². The molecule has 3 heterocycles. The molecule has 0 N–H and O–H groups in total. The van der Waals surface area contributed by atoms with Crippen LogP contribution in [0.3, 0.4) is 0 Å². The van der Waals surface area contributed by atoms with Crippen LogP contribution in [-0.2, 0) is 18.3 Å². The molecule has 0 aromatic heterocycles. The van der Waals surface area contributed by atoms with Gasteiger partial charge < -0.3 is 9.80 Å². The first-order valence-corrected chi connectivity index (χ1v) is 27.3. The van der Waals surface area contributed by atoms with E-state index in [4.69, 9.17) is 0 Å². The molecule has 0 atom stereocenters. The third-order valence-electron chi connectivity index (χ3n) is 18.4. The summed E-state index contributed by atoms with van der Waals surface area (Å²) in [4.78, 5) is 5.53. The van der Waals surface area contributed by atoms with E-state index in [-0.39, 0.29) is 18.8 Å². The largest absolute Gasteiger partial charge is 0.307 e. The summed E-state index contributed by atoms with van der Waals surface area (Å²) in [5.41, 5.74) is 37.0. The van der Waals surface area contributed by atoms with Gasteiger partial charge in [0, 0.05) is 16.8 Å². The maximum absolute atomic E-state index is 2.77. The topological polar surface area (TPSA) is 6.48 Å². The monoisotopic (exact) mass is 950 g/mol. The molecule has 0 unspecified atom stereocenters. The Kier molecular flexibility index (Phi) is 9.21. The van der Waals surface area contributed by atoms with E-state index in [1.807, 2.05) is 0 Å². The summed E-state index contributed by atoms with van der Waals surface area (Å²) in [6.45, 7) is 21.3. The van der Waals surface area contributed by atoms with Crippen LogP contribution < -0.4 is 42.6 Å². The second kappa shape index (κ2) is 15.5. The fraction of sp³-hybridized carbons (Fsp3) is 0.200. The minimum atomic E-state index is -0.239. The van der Waals surface area contributed by atoms with Gasteiger partial charge in [-0.05, 0) is 179 Å². The second-order valence-corrected chi connectivity index (χ2v) is 23.3. The van der Waals surface area contributed by atoms with Crippen molar-refractivity contribution in [2.24, 2.45) is 0 Å². The van der Waals surface area contributed by atoms with Gasteiger partial charge in [-0.15, -0.1) is 0 Å². The van der Waals surface area contributed by atoms with Gasteiger partial charge in [-0.2, -0.15) is 0 Å². The lowest BCUT2D eigenvalue weighted by Gasteiger charge is -2.50. The molecule has 5 aliphatic rings. The number of nitrogens with zero attached hydrogens (tertiary/aromatic N) is 2. The molecule has 2 nitrogen and oxygen atoms in total. The maximum Gasteiger partial charge on any atom is 0.248 e. The number of anilines is 6. The lowest BCUT2D eigenvalue weighted by atomic mass is 9.31. The predicted octanol–water partition coefficient (Wildman–Crippen LogP) is 14.0. The van der Waals surface area contributed by atoms with Crippen molar-refractivity contribution in [1.82, 2.24) is 0 Å². The summed E-state index contributed by atoms with van der Waals surface area (Å²) >= 11 is 0. The summed E-state index contributed by atoms with van der Waals surface area (Å²) in [6, 6.07) is 60.1. The van der Waals surface area contributed by atoms with Crippen molar-refractivity contribution >= 4 is 102 Å². The zero-order valence-electron chi connectivity index (χ0n) is 44.3. The first-order chi connectivity index (χ1) is 35.9. The van der Waals surface area contributed by atoms with Crippen LogP contribution in [0.1, 0.15) is 94.8 Å². The molecule has 356 valence electrons. The van der Waals surface area contributed by atoms with Gasteiger partial charge in [0.2, 0.25) is 13.4 Å². The third kappa shape index (κ3) is 5.75. The molecule has 10 aromatic rings. The highest BCUT2D eigenvalue weighted by Gasteiger charge is 2.52. The van der Waals surface area contributed by atoms with Crippen molar-refractivity contribution in [2.75, 3.05) is 9.80 Å². The quantitative estimate of drug-likeness (QED) is 0.159. The Bertz CT molecular complexity index is 4130. The highest BCUT2D eigenvalue weighted by atomic mass is 15.3. The van der Waals surface area contributed by atoms with Gasteiger partial charge in [0.25, 0.3) is 0 Å². The van der Waals surface area contributed by atoms with E-state index in [1.54, 1.807) is 0 Å². The Hall–Kier alpha value is -7.55. The minimum absolute atomic E-state index is 0.00433. The van der Waals surface area contributed by atoms with Crippen LogP contribution in [0.15, 0.2) is 152 Å². The molecule has 3 aliphatic heterocycles. The van der Waals surface area contributed by atoms with Crippen molar-refractivity contribution in [3.05, 3.63) is 213 Å². The second-order valence-electron chi connectivity index (χ2n) is 23.3. The van der Waals surface area contributed by atoms with Gasteiger partial charge in [0.1, 0.15) is 0 Å². The highest BCUT2D eigenvalue weighted by Crippen LogP contribution is 2.59. The Balaban J connectivity index is 1.12. The van der Waals surface area contributed by atoms with Crippen molar-refractivity contribution < 1.29 is 0 Å². The summed E-state index contributed by atoms with van der Waals surface area (Å²) in [5, 5.41) is 5.21. The minimum Gasteiger partial charge on any atom is -0.307 e. The average Bonchev–Trinajstić information content (AvgIpc) is 3.87. The molecule has 0 fully saturated rings. The molecule has 10 aromatic carbocycles. The standard InChI is InChI=1S/C70H60B2N2/c1-10-11-18-45-25-26-49-48(35-45)36-55-52(49)27-29-57-64(55)71(62-41(4)31-39(2)32-42(62)5)65-50-21-14-12-19-46(50)38-60-68(65)73(57)59-37-47-20-13-15-22-51(47)66-69(59)74(60)58-30-28-54-53-23-16-17-24-56(53)70(8,9)61(54)67(58)72(66)63-43(6)33-40(3)34-44(63)7/h12-17,19-35,37-38H,10-11,18,36H2,1-9H3. The van der Waals surface area contributed by atoms with Crippen LogP contribution in [-0.4, -0.2) is 13.4 Å². The van der Waals surface area contributed by atoms with Crippen LogP contribution >= 0.6 is 0 Å². The number of fused-ring (bicyclic) bond motifs is 18. The van der Waals surface area contributed by atoms with Crippen LogP contribution in [0.4, 0.5) is 34.1 Å². The van der Waals surface area contributed by atoms with E-state index < -0.39 is 0 Å². The van der Waals surface area contributed by atoms with Crippen LogP contribution in [0.2, 0.25) is 0 Å². The Labute approximate surface area is 437 Å². The molecule has 74 heavy (non-hydrogen) atoms. The van der Waals surface area contributed by atoms with Crippen LogP contribution in [0.25, 0.3) is 43.8 Å². The highest BCUT2D eigenvalue weighted by molar-refractivity contribution is 7.01. The number of unbranched alkanes of at least 4 members (excludes halogenated alkanes) is 1. The molecular weight excluding hydrogens is 890 g/mol. The molecular formula is C70H60B2N2. The maximum atomic E-state index is 2.77. The van der Waals surface area contributed by atoms with E-state index in [0.29, 0.717) is 0 Å². The number of aryl methyl sites for hydroxylation is 7. The van der Waals surface area contributed by atoms with Gasteiger partial charge in [-0.25, -0.2) is 0 Å². The van der Waals surface area contributed by atoms with Crippen molar-refractivity contribution in [1.29, 1.82) is 0 Å². The normalized spacial score (nSPS) is 14.7. The fourth-order valence-corrected chi connectivity index (χ4v) is 15.8. The number of benzene rings is 10. The predicted molar refractivity (Wildman–Crippen MR) is 319 cm³/mol. The van der Waals surface area contributed by atoms with Gasteiger partial charge in [-0.3, -0.25) is 0 Å². The van der Waals surface area contributed by atoms with Gasteiger partial charge in [-0.1, -0.05) is 199 Å². The first-order valence-electron chi connectivity index (χ1n) is 27.3. The summed E-state index contributed by atoms with van der Waals surface area (Å²) < 4.78 is 0. The zero-order chi connectivity index (χ0) is 50.2. The zero-order valence-corrected chi connectivity index (χ0v) is 44.3. The van der Waals surface area contributed by atoms with E-state index >= 15 is 0 Å². The van der Waals surface area contributed by atoms with Gasteiger partial charge >= 0.3 is 0 Å². The Morgan fingerprint density at radius 2 is 0.973 bits per heavy atom. The molecule has 4 heteroatoms. The summed E-state index contributed by atoms with van der Waals surface area (Å²) in [6.07, 6.45) is 4.47. The van der Waals surface area contributed by atoms with E-state index in [1.165, 1.54) is 185 Å². The molecule has 0 spiro atoms. The van der Waals surface area contributed by atoms with Crippen molar-refractivity contribution in [2.45, 2.75) is 93.4 Å². The third-order valence-corrected chi connectivity index (χ3v) is 18.4. The fourth-order valence-electron chi connectivity index (χ4n) is 15.8. The molecule has 0 saturated heterocycles. The number of hydrogen-bond acceptors (Lipinski definition) is 2. The number of hydrogen-bond donors (Lipinski definition) is 0. The van der Waals surface area contributed by atoms with E-state index in [9.17, 15) is 0 Å². The number of rotatable bonds is 5. The van der Waals surface area contributed by atoms with Crippen LogP contribution in [0.5, 0.6) is 0 Å². The molecule has 2 aliphatic carbocycles.